The number of benzene rings is 1. The van der Waals surface area contributed by atoms with Crippen LogP contribution in [0.1, 0.15) is 39.6 Å². The molecule has 1 aliphatic heterocycles. The second kappa shape index (κ2) is 9.93. The SMILES string of the molecule is COc1cc(C2CC(=O)c3c(C)nc(N4CCN(CCO)CC4)nc3C2)cc(OC)c1OC. The number of nitrogens with zero attached hydrogens (tertiary/aromatic N) is 4. The Bertz CT molecular complexity index is 995. The van der Waals surface area contributed by atoms with Crippen molar-refractivity contribution in [1.82, 2.24) is 14.9 Å². The highest BCUT2D eigenvalue weighted by molar-refractivity contribution is 5.99. The van der Waals surface area contributed by atoms with E-state index in [0.717, 1.165) is 43.1 Å². The Labute approximate surface area is 194 Å². The van der Waals surface area contributed by atoms with E-state index in [-0.39, 0.29) is 18.3 Å². The van der Waals surface area contributed by atoms with Gasteiger partial charge in [-0.05, 0) is 37.0 Å². The topological polar surface area (TPSA) is 97.3 Å². The quantitative estimate of drug-likeness (QED) is 0.669. The lowest BCUT2D eigenvalue weighted by Gasteiger charge is -2.35. The van der Waals surface area contributed by atoms with Gasteiger partial charge in [0.25, 0.3) is 0 Å². The van der Waals surface area contributed by atoms with E-state index in [1.54, 1.807) is 21.3 Å². The predicted molar refractivity (Wildman–Crippen MR) is 124 cm³/mol. The van der Waals surface area contributed by atoms with E-state index in [9.17, 15) is 9.90 Å². The predicted octanol–water partition coefficient (Wildman–Crippen LogP) is 1.84. The number of aromatic nitrogens is 2. The highest BCUT2D eigenvalue weighted by atomic mass is 16.5. The van der Waals surface area contributed by atoms with E-state index >= 15 is 0 Å². The van der Waals surface area contributed by atoms with Crippen molar-refractivity contribution >= 4 is 11.7 Å². The van der Waals surface area contributed by atoms with Gasteiger partial charge in [0.05, 0.1) is 44.9 Å². The van der Waals surface area contributed by atoms with Crippen molar-refractivity contribution in [2.75, 3.05) is 65.6 Å². The van der Waals surface area contributed by atoms with Crippen LogP contribution in [0.3, 0.4) is 0 Å². The molecule has 0 spiro atoms. The Morgan fingerprint density at radius 2 is 1.67 bits per heavy atom. The molecule has 1 aromatic heterocycles. The smallest absolute Gasteiger partial charge is 0.225 e. The molecule has 9 nitrogen and oxygen atoms in total. The number of piperazine rings is 1. The third kappa shape index (κ3) is 4.60. The van der Waals surface area contributed by atoms with Crippen LogP contribution in [-0.4, -0.2) is 86.4 Å². The molecule has 1 atom stereocenters. The molecular formula is C24H32N4O5. The van der Waals surface area contributed by atoms with Crippen molar-refractivity contribution in [2.45, 2.75) is 25.7 Å². The van der Waals surface area contributed by atoms with E-state index in [1.807, 2.05) is 19.1 Å². The molecule has 1 aromatic carbocycles. The molecule has 4 rings (SSSR count). The molecule has 2 heterocycles. The molecular weight excluding hydrogens is 424 g/mol. The summed E-state index contributed by atoms with van der Waals surface area (Å²) in [6, 6.07) is 3.83. The van der Waals surface area contributed by atoms with E-state index < -0.39 is 0 Å². The van der Waals surface area contributed by atoms with Gasteiger partial charge in [-0.2, -0.15) is 0 Å². The van der Waals surface area contributed by atoms with Crippen LogP contribution in [0.4, 0.5) is 5.95 Å². The standard InChI is InChI=1S/C24H32N4O5/c1-15-22-18(26-24(25-15)28-7-5-27(6-8-28)9-10-29)11-16(12-19(22)30)17-13-20(31-2)23(33-4)21(14-17)32-3/h13-14,16,29H,5-12H2,1-4H3. The lowest BCUT2D eigenvalue weighted by molar-refractivity contribution is 0.0961. The molecule has 1 fully saturated rings. The van der Waals surface area contributed by atoms with Crippen molar-refractivity contribution in [3.63, 3.8) is 0 Å². The first kappa shape index (κ1) is 23.3. The first-order chi connectivity index (χ1) is 16.0. The van der Waals surface area contributed by atoms with Crippen LogP contribution < -0.4 is 19.1 Å². The van der Waals surface area contributed by atoms with Gasteiger partial charge in [-0.15, -0.1) is 0 Å². The van der Waals surface area contributed by atoms with Crippen LogP contribution in [0.5, 0.6) is 17.2 Å². The number of hydrogen-bond donors (Lipinski definition) is 1. The number of carbonyl (C=O) groups is 1. The fraction of sp³-hybridized carbons (Fsp3) is 0.542. The van der Waals surface area contributed by atoms with Crippen LogP contribution in [0.25, 0.3) is 0 Å². The van der Waals surface area contributed by atoms with E-state index in [2.05, 4.69) is 14.8 Å². The maximum Gasteiger partial charge on any atom is 0.225 e. The van der Waals surface area contributed by atoms with Crippen molar-refractivity contribution in [2.24, 2.45) is 0 Å². The van der Waals surface area contributed by atoms with Crippen LogP contribution >= 0.6 is 0 Å². The summed E-state index contributed by atoms with van der Waals surface area (Å²) in [6.45, 7) is 6.04. The van der Waals surface area contributed by atoms with Crippen LogP contribution in [0.15, 0.2) is 12.1 Å². The molecule has 178 valence electrons. The second-order valence-corrected chi connectivity index (χ2v) is 8.47. The van der Waals surface area contributed by atoms with Gasteiger partial charge in [0.1, 0.15) is 0 Å². The summed E-state index contributed by atoms with van der Waals surface area (Å²) >= 11 is 0. The van der Waals surface area contributed by atoms with Crippen LogP contribution in [0.2, 0.25) is 0 Å². The number of carbonyl (C=O) groups excluding carboxylic acids is 1. The summed E-state index contributed by atoms with van der Waals surface area (Å²) in [7, 11) is 4.75. The first-order valence-electron chi connectivity index (χ1n) is 11.3. The molecule has 0 saturated carbocycles. The molecule has 33 heavy (non-hydrogen) atoms. The third-order valence-electron chi connectivity index (χ3n) is 6.53. The zero-order valence-electron chi connectivity index (χ0n) is 19.8. The number of fused-ring (bicyclic) bond motifs is 1. The molecule has 0 radical (unpaired) electrons. The zero-order valence-corrected chi connectivity index (χ0v) is 19.8. The molecule has 0 bridgehead atoms. The number of anilines is 1. The number of rotatable bonds is 7. The van der Waals surface area contributed by atoms with Crippen molar-refractivity contribution in [3.05, 3.63) is 34.6 Å². The number of aryl methyl sites for hydroxylation is 1. The maximum absolute atomic E-state index is 13.1. The average molecular weight is 457 g/mol. The Morgan fingerprint density at radius 3 is 2.24 bits per heavy atom. The number of methoxy groups -OCH3 is 3. The molecule has 9 heteroatoms. The highest BCUT2D eigenvalue weighted by Crippen LogP contribution is 2.43. The number of ketones is 1. The van der Waals surface area contributed by atoms with E-state index in [0.29, 0.717) is 48.1 Å². The molecule has 2 aromatic rings. The summed E-state index contributed by atoms with van der Waals surface area (Å²) in [5, 5.41) is 9.17. The number of Topliss-reactive ketones (excluding diaryl/α,β-unsaturated/α-hetero) is 1. The minimum absolute atomic E-state index is 0.0396. The van der Waals surface area contributed by atoms with Crippen molar-refractivity contribution in [1.29, 1.82) is 0 Å². The number of hydrogen-bond acceptors (Lipinski definition) is 9. The minimum Gasteiger partial charge on any atom is -0.493 e. The number of aliphatic hydroxyl groups is 1. The summed E-state index contributed by atoms with van der Waals surface area (Å²) < 4.78 is 16.5. The number of aliphatic hydroxyl groups excluding tert-OH is 1. The summed E-state index contributed by atoms with van der Waals surface area (Å²) in [4.78, 5) is 27.0. The van der Waals surface area contributed by atoms with Crippen molar-refractivity contribution in [3.8, 4) is 17.2 Å². The van der Waals surface area contributed by atoms with Crippen LogP contribution in [-0.2, 0) is 6.42 Å². The van der Waals surface area contributed by atoms with Gasteiger partial charge in [-0.25, -0.2) is 9.97 Å². The van der Waals surface area contributed by atoms with Gasteiger partial charge >= 0.3 is 0 Å². The molecule has 1 unspecified atom stereocenters. The summed E-state index contributed by atoms with van der Waals surface area (Å²) in [6.07, 6.45) is 1.02. The molecule has 1 N–H and O–H groups in total. The van der Waals surface area contributed by atoms with E-state index in [4.69, 9.17) is 19.2 Å². The Balaban J connectivity index is 1.62. The van der Waals surface area contributed by atoms with Gasteiger partial charge in [-0.1, -0.05) is 0 Å². The summed E-state index contributed by atoms with van der Waals surface area (Å²) in [5.74, 6) is 2.38. The first-order valence-corrected chi connectivity index (χ1v) is 11.3. The fourth-order valence-corrected chi connectivity index (χ4v) is 4.79. The van der Waals surface area contributed by atoms with Gasteiger partial charge in [0.2, 0.25) is 11.7 Å². The third-order valence-corrected chi connectivity index (χ3v) is 6.53. The lowest BCUT2D eigenvalue weighted by Crippen LogP contribution is -2.48. The van der Waals surface area contributed by atoms with Crippen LogP contribution in [0, 0.1) is 6.92 Å². The molecule has 1 aliphatic carbocycles. The minimum atomic E-state index is -0.0396. The molecule has 1 saturated heterocycles. The van der Waals surface area contributed by atoms with Gasteiger partial charge in [-0.3, -0.25) is 9.69 Å². The second-order valence-electron chi connectivity index (χ2n) is 8.47. The molecule has 2 aliphatic rings. The normalized spacial score (nSPS) is 18.8. The Hall–Kier alpha value is -2.91. The largest absolute Gasteiger partial charge is 0.493 e. The zero-order chi connectivity index (χ0) is 23.5. The monoisotopic (exact) mass is 456 g/mol. The Kier molecular flexibility index (Phi) is 6.99. The lowest BCUT2D eigenvalue weighted by atomic mass is 9.81. The maximum atomic E-state index is 13.1. The van der Waals surface area contributed by atoms with E-state index in [1.165, 1.54) is 0 Å². The average Bonchev–Trinajstić information content (AvgIpc) is 2.83. The summed E-state index contributed by atoms with van der Waals surface area (Å²) in [5.41, 5.74) is 3.15. The molecule has 0 amide bonds. The highest BCUT2D eigenvalue weighted by Gasteiger charge is 2.32. The van der Waals surface area contributed by atoms with Gasteiger partial charge in [0, 0.05) is 39.1 Å². The number of β-amino-alcohol motifs (C(OH)–C–C–N with tert-alkyl or cyclic N) is 1. The van der Waals surface area contributed by atoms with Crippen molar-refractivity contribution < 1.29 is 24.1 Å². The Morgan fingerprint density at radius 1 is 1.00 bits per heavy atom. The number of ether oxygens (including phenoxy) is 3. The van der Waals surface area contributed by atoms with Gasteiger partial charge < -0.3 is 24.2 Å². The van der Waals surface area contributed by atoms with Gasteiger partial charge in [0.15, 0.2) is 17.3 Å². The fourth-order valence-electron chi connectivity index (χ4n) is 4.79.